The molecule has 5 aromatic rings. The molecule has 1 aromatic heterocycles. The lowest BCUT2D eigenvalue weighted by atomic mass is 9.91. The molecular formula is C41H35N3O. The summed E-state index contributed by atoms with van der Waals surface area (Å²) in [7, 11) is 0. The number of nitrogens with zero attached hydrogens (tertiary/aromatic N) is 1. The fraction of sp³-hybridized carbons (Fsp3) is 0.0488. The molecule has 1 heterocycles. The number of allylic oxidation sites excluding steroid dienone is 13. The molecule has 0 radical (unpaired) electrons. The van der Waals surface area contributed by atoms with Gasteiger partial charge < -0.3 is 10.2 Å². The molecule has 0 bridgehead atoms. The zero-order chi connectivity index (χ0) is 31.0. The number of nitrogens with one attached hydrogen (secondary N) is 1. The minimum absolute atomic E-state index is 0.290. The zero-order valence-electron chi connectivity index (χ0n) is 25.2. The molecule has 1 aliphatic carbocycles. The van der Waals surface area contributed by atoms with Crippen LogP contribution in [-0.4, -0.2) is 5.84 Å². The van der Waals surface area contributed by atoms with Gasteiger partial charge in [0.15, 0.2) is 5.84 Å². The van der Waals surface area contributed by atoms with Gasteiger partial charge in [0.1, 0.15) is 11.2 Å². The number of nitrogens with two attached hydrogens (primary N) is 1. The number of fused-ring (bicyclic) bond motifs is 3. The summed E-state index contributed by atoms with van der Waals surface area (Å²) in [5.74, 6) is 0.419. The summed E-state index contributed by atoms with van der Waals surface area (Å²) < 4.78 is 6.67. The van der Waals surface area contributed by atoms with Crippen LogP contribution in [0.1, 0.15) is 35.2 Å². The molecule has 0 fully saturated rings. The van der Waals surface area contributed by atoms with Crippen LogP contribution in [0.3, 0.4) is 0 Å². The molecule has 0 aliphatic heterocycles. The van der Waals surface area contributed by atoms with Crippen molar-refractivity contribution in [2.45, 2.75) is 13.0 Å². The fourth-order valence-corrected chi connectivity index (χ4v) is 5.51. The van der Waals surface area contributed by atoms with E-state index in [1.54, 1.807) is 0 Å². The van der Waals surface area contributed by atoms with E-state index in [9.17, 15) is 0 Å². The first-order valence-electron chi connectivity index (χ1n) is 15.0. The van der Waals surface area contributed by atoms with Crippen LogP contribution in [0.4, 0.5) is 0 Å². The Morgan fingerprint density at radius 3 is 2.38 bits per heavy atom. The van der Waals surface area contributed by atoms with E-state index in [2.05, 4.69) is 71.7 Å². The number of benzene rings is 4. The van der Waals surface area contributed by atoms with Crippen LogP contribution in [0.25, 0.3) is 27.5 Å². The molecule has 220 valence electrons. The SMILES string of the molecule is C=C1C=C(/C=C\C=C/C)\C=C(c2ccc(C(NN=C(N)c3ccccc3)c3ccccc3)c3c2oc2ccccc23)/C=C\C=C/1. The lowest BCUT2D eigenvalue weighted by molar-refractivity contribution is 0.640. The summed E-state index contributed by atoms with van der Waals surface area (Å²) in [5, 5.41) is 6.74. The predicted molar refractivity (Wildman–Crippen MR) is 190 cm³/mol. The van der Waals surface area contributed by atoms with E-state index >= 15 is 0 Å². The molecule has 0 saturated heterocycles. The largest absolute Gasteiger partial charge is 0.455 e. The van der Waals surface area contributed by atoms with E-state index in [1.165, 1.54) is 0 Å². The Morgan fingerprint density at radius 1 is 0.844 bits per heavy atom. The van der Waals surface area contributed by atoms with Gasteiger partial charge in [-0.15, -0.1) is 0 Å². The number of hydrogen-bond donors (Lipinski definition) is 2. The Bertz CT molecular complexity index is 2050. The zero-order valence-corrected chi connectivity index (χ0v) is 25.2. The number of hydrogen-bond acceptors (Lipinski definition) is 3. The normalized spacial score (nSPS) is 17.4. The van der Waals surface area contributed by atoms with Crippen molar-refractivity contribution in [3.05, 3.63) is 198 Å². The third kappa shape index (κ3) is 6.56. The van der Waals surface area contributed by atoms with Gasteiger partial charge in [-0.25, -0.2) is 0 Å². The minimum atomic E-state index is -0.290. The van der Waals surface area contributed by atoms with Crippen LogP contribution in [0.15, 0.2) is 185 Å². The summed E-state index contributed by atoms with van der Waals surface area (Å²) in [6.45, 7) is 6.20. The topological polar surface area (TPSA) is 63.5 Å². The fourth-order valence-electron chi connectivity index (χ4n) is 5.51. The van der Waals surface area contributed by atoms with Crippen LogP contribution in [0, 0.1) is 0 Å². The number of rotatable bonds is 8. The van der Waals surface area contributed by atoms with Crippen molar-refractivity contribution in [1.29, 1.82) is 0 Å². The van der Waals surface area contributed by atoms with Gasteiger partial charge in [-0.05, 0) is 53.0 Å². The summed E-state index contributed by atoms with van der Waals surface area (Å²) in [4.78, 5) is 0. The maximum Gasteiger partial charge on any atom is 0.150 e. The standard InChI is InChI=1S/C41H35N3O/c1-3-4-7-17-30-27-29(2)16-12-13-22-33(28-30)34-25-26-36(38-35-23-14-15-24-37(35)45-40(34)38)39(31-18-8-5-9-19-31)43-44-41(42)32-20-10-6-11-21-32/h3-28,39,43H,2H2,1H3,(H2,42,44)/b4-3-,16-12-,17-7-,22-13-,30-27?,33-28+. The molecule has 4 heteroatoms. The van der Waals surface area contributed by atoms with Crippen molar-refractivity contribution in [1.82, 2.24) is 5.43 Å². The molecule has 3 N–H and O–H groups in total. The van der Waals surface area contributed by atoms with Crippen molar-refractivity contribution < 1.29 is 4.42 Å². The highest BCUT2D eigenvalue weighted by Gasteiger charge is 2.23. The quantitative estimate of drug-likeness (QED) is 0.0825. The molecule has 4 nitrogen and oxygen atoms in total. The van der Waals surface area contributed by atoms with Gasteiger partial charge in [0.05, 0.1) is 6.04 Å². The van der Waals surface area contributed by atoms with Crippen LogP contribution in [0.2, 0.25) is 0 Å². The average Bonchev–Trinajstić information content (AvgIpc) is 3.50. The first kappa shape index (κ1) is 29.2. The smallest absolute Gasteiger partial charge is 0.150 e. The summed E-state index contributed by atoms with van der Waals surface area (Å²) in [5.41, 5.74) is 18.4. The Morgan fingerprint density at radius 2 is 1.58 bits per heavy atom. The molecule has 6 rings (SSSR count). The van der Waals surface area contributed by atoms with Crippen molar-refractivity contribution in [2.24, 2.45) is 10.8 Å². The lowest BCUT2D eigenvalue weighted by Gasteiger charge is -2.20. The third-order valence-electron chi connectivity index (χ3n) is 7.66. The van der Waals surface area contributed by atoms with Gasteiger partial charge in [0, 0.05) is 21.9 Å². The molecular weight excluding hydrogens is 550 g/mol. The molecule has 45 heavy (non-hydrogen) atoms. The maximum atomic E-state index is 6.67. The van der Waals surface area contributed by atoms with E-state index in [0.29, 0.717) is 5.84 Å². The van der Waals surface area contributed by atoms with Crippen molar-refractivity contribution >= 4 is 33.3 Å². The monoisotopic (exact) mass is 585 g/mol. The molecule has 1 atom stereocenters. The third-order valence-corrected chi connectivity index (χ3v) is 7.66. The first-order valence-corrected chi connectivity index (χ1v) is 15.0. The van der Waals surface area contributed by atoms with Crippen LogP contribution in [-0.2, 0) is 0 Å². The first-order chi connectivity index (χ1) is 22.1. The van der Waals surface area contributed by atoms with Gasteiger partial charge >= 0.3 is 0 Å². The van der Waals surface area contributed by atoms with Crippen molar-refractivity contribution in [3.8, 4) is 0 Å². The molecule has 0 amide bonds. The Labute approximate surface area is 264 Å². The van der Waals surface area contributed by atoms with E-state index in [-0.39, 0.29) is 6.04 Å². The van der Waals surface area contributed by atoms with Crippen molar-refractivity contribution in [3.63, 3.8) is 0 Å². The van der Waals surface area contributed by atoms with Gasteiger partial charge in [-0.1, -0.05) is 146 Å². The number of furan rings is 1. The maximum absolute atomic E-state index is 6.67. The molecule has 0 saturated carbocycles. The van der Waals surface area contributed by atoms with Gasteiger partial charge in [0.2, 0.25) is 0 Å². The highest BCUT2D eigenvalue weighted by molar-refractivity contribution is 6.11. The van der Waals surface area contributed by atoms with E-state index in [4.69, 9.17) is 10.2 Å². The Balaban J connectivity index is 1.55. The lowest BCUT2D eigenvalue weighted by Crippen LogP contribution is -2.23. The minimum Gasteiger partial charge on any atom is -0.455 e. The number of para-hydroxylation sites is 1. The predicted octanol–water partition coefficient (Wildman–Crippen LogP) is 9.71. The summed E-state index contributed by atoms with van der Waals surface area (Å²) >= 11 is 0. The molecule has 0 spiro atoms. The second-order valence-electron chi connectivity index (χ2n) is 10.8. The van der Waals surface area contributed by atoms with Crippen LogP contribution in [0.5, 0.6) is 0 Å². The summed E-state index contributed by atoms with van der Waals surface area (Å²) in [6, 6.07) is 32.3. The Hall–Kier alpha value is -5.87. The molecule has 4 aromatic carbocycles. The highest BCUT2D eigenvalue weighted by atomic mass is 16.3. The van der Waals surface area contributed by atoms with E-state index in [1.807, 2.05) is 110 Å². The molecule has 1 aliphatic rings. The molecule has 1 unspecified atom stereocenters. The summed E-state index contributed by atoms with van der Waals surface area (Å²) in [6.07, 6.45) is 20.6. The Kier molecular flexibility index (Phi) is 8.84. The van der Waals surface area contributed by atoms with Gasteiger partial charge in [0.25, 0.3) is 0 Å². The van der Waals surface area contributed by atoms with E-state index in [0.717, 1.165) is 60.9 Å². The van der Waals surface area contributed by atoms with Gasteiger partial charge in [-0.2, -0.15) is 5.10 Å². The van der Waals surface area contributed by atoms with Crippen molar-refractivity contribution in [2.75, 3.05) is 0 Å². The highest BCUT2D eigenvalue weighted by Crippen LogP contribution is 2.40. The number of hydrazone groups is 1. The van der Waals surface area contributed by atoms with Crippen LogP contribution >= 0.6 is 0 Å². The van der Waals surface area contributed by atoms with Gasteiger partial charge in [-0.3, -0.25) is 5.43 Å². The second kappa shape index (κ2) is 13.6. The van der Waals surface area contributed by atoms with E-state index < -0.39 is 0 Å². The average molecular weight is 586 g/mol. The second-order valence-corrected chi connectivity index (χ2v) is 10.8. The van der Waals surface area contributed by atoms with Crippen LogP contribution < -0.4 is 11.2 Å². The number of amidine groups is 1.